The fourth-order valence-corrected chi connectivity index (χ4v) is 5.01. The highest BCUT2D eigenvalue weighted by molar-refractivity contribution is 5.80. The minimum absolute atomic E-state index is 0.154. The minimum Gasteiger partial charge on any atom is -0.480 e. The van der Waals surface area contributed by atoms with Crippen molar-refractivity contribution in [1.29, 1.82) is 0 Å². The normalized spacial score (nSPS) is 12.9. The van der Waals surface area contributed by atoms with Gasteiger partial charge in [0.25, 0.3) is 0 Å². The molecule has 0 bridgehead atoms. The van der Waals surface area contributed by atoms with Crippen molar-refractivity contribution in [1.82, 2.24) is 5.32 Å². The van der Waals surface area contributed by atoms with Crippen molar-refractivity contribution in [2.45, 2.75) is 168 Å². The summed E-state index contributed by atoms with van der Waals surface area (Å²) in [6, 6.07) is 0. The number of carboxylic acid groups (broad SMARTS) is 1. The first-order valence-corrected chi connectivity index (χ1v) is 19.1. The summed E-state index contributed by atoms with van der Waals surface area (Å²) in [5.41, 5.74) is 0. The van der Waals surface area contributed by atoms with E-state index in [-0.39, 0.29) is 24.5 Å². The number of ether oxygens (including phenoxy) is 1. The van der Waals surface area contributed by atoms with Gasteiger partial charge < -0.3 is 15.2 Å². The predicted molar refractivity (Wildman–Crippen MR) is 203 cm³/mol. The van der Waals surface area contributed by atoms with E-state index in [1.807, 2.05) is 24.3 Å². The molecule has 0 aliphatic carbocycles. The monoisotopic (exact) mass is 668 g/mol. The van der Waals surface area contributed by atoms with Crippen molar-refractivity contribution >= 4 is 17.8 Å². The molecular formula is C42H69NO5. The van der Waals surface area contributed by atoms with Crippen LogP contribution in [0.25, 0.3) is 0 Å². The highest BCUT2D eigenvalue weighted by atomic mass is 16.5. The van der Waals surface area contributed by atoms with Gasteiger partial charge in [-0.1, -0.05) is 132 Å². The fraction of sp³-hybridized carbons (Fsp3) is 0.643. The molecule has 272 valence electrons. The molecule has 0 radical (unpaired) electrons. The van der Waals surface area contributed by atoms with Crippen LogP contribution in [0.3, 0.4) is 0 Å². The number of hydrogen-bond acceptors (Lipinski definition) is 4. The third-order valence-electron chi connectivity index (χ3n) is 7.83. The molecule has 0 aromatic carbocycles. The Hall–Kier alpha value is -3.15. The minimum atomic E-state index is -1.04. The van der Waals surface area contributed by atoms with Gasteiger partial charge in [-0.15, -0.1) is 0 Å². The van der Waals surface area contributed by atoms with Gasteiger partial charge in [0.05, 0.1) is 0 Å². The number of aliphatic carboxylic acids is 1. The van der Waals surface area contributed by atoms with Crippen molar-refractivity contribution in [2.75, 3.05) is 6.54 Å². The van der Waals surface area contributed by atoms with Crippen LogP contribution in [0.2, 0.25) is 0 Å². The molecule has 0 aliphatic heterocycles. The summed E-state index contributed by atoms with van der Waals surface area (Å²) in [6.07, 6.45) is 49.3. The van der Waals surface area contributed by atoms with Crippen molar-refractivity contribution in [3.05, 3.63) is 72.9 Å². The maximum absolute atomic E-state index is 12.5. The maximum atomic E-state index is 12.5. The van der Waals surface area contributed by atoms with Crippen molar-refractivity contribution in [3.8, 4) is 0 Å². The lowest BCUT2D eigenvalue weighted by molar-refractivity contribution is -0.145. The molecular weight excluding hydrogens is 598 g/mol. The topological polar surface area (TPSA) is 92.7 Å². The first-order valence-electron chi connectivity index (χ1n) is 19.1. The standard InChI is InChI=1S/C42H69NO5/c1-3-5-7-9-10-11-12-13-14-15-16-17-18-19-20-21-22-23-24-29-33-37-42(47)48-39(34-30-26-8-6-4-2)35-31-27-25-28-32-36-40(44)43-38-41(45)46/h6,8,12-13,15-16,18-19,30-31,34-35,39H,3-5,7,9-11,14,17,20-29,32-33,36-38H2,1-2H3,(H,43,44)(H,45,46)/b8-6-,13-12-,16-15-,19-18-,34-30-,35-31-. The number of carbonyl (C=O) groups is 3. The molecule has 0 spiro atoms. The number of esters is 1. The van der Waals surface area contributed by atoms with Gasteiger partial charge in [-0.05, 0) is 89.2 Å². The zero-order valence-corrected chi connectivity index (χ0v) is 30.6. The number of nitrogens with one attached hydrogen (secondary N) is 1. The summed E-state index contributed by atoms with van der Waals surface area (Å²) in [4.78, 5) is 34.6. The average Bonchev–Trinajstić information content (AvgIpc) is 3.07. The zero-order chi connectivity index (χ0) is 35.2. The summed E-state index contributed by atoms with van der Waals surface area (Å²) in [5, 5.41) is 11.0. The summed E-state index contributed by atoms with van der Waals surface area (Å²) in [5.74, 6) is -1.42. The van der Waals surface area contributed by atoms with E-state index >= 15 is 0 Å². The van der Waals surface area contributed by atoms with Gasteiger partial charge in [0, 0.05) is 12.8 Å². The van der Waals surface area contributed by atoms with Crippen LogP contribution in [0, 0.1) is 0 Å². The lowest BCUT2D eigenvalue weighted by Crippen LogP contribution is -2.28. The van der Waals surface area contributed by atoms with Crippen LogP contribution in [-0.2, 0) is 19.1 Å². The van der Waals surface area contributed by atoms with Crippen LogP contribution in [0.15, 0.2) is 72.9 Å². The van der Waals surface area contributed by atoms with Gasteiger partial charge >= 0.3 is 11.9 Å². The van der Waals surface area contributed by atoms with Crippen LogP contribution in [0.4, 0.5) is 0 Å². The Morgan fingerprint density at radius 3 is 1.67 bits per heavy atom. The Morgan fingerprint density at radius 2 is 1.04 bits per heavy atom. The number of carboxylic acids is 1. The zero-order valence-electron chi connectivity index (χ0n) is 30.6. The molecule has 6 heteroatoms. The largest absolute Gasteiger partial charge is 0.480 e. The molecule has 1 amide bonds. The highest BCUT2D eigenvalue weighted by Gasteiger charge is 2.08. The van der Waals surface area contributed by atoms with Crippen molar-refractivity contribution < 1.29 is 24.2 Å². The molecule has 48 heavy (non-hydrogen) atoms. The summed E-state index contributed by atoms with van der Waals surface area (Å²) in [7, 11) is 0. The number of rotatable bonds is 33. The SMILES string of the molecule is CC/C=C\C/C=C\C(/C=C\CCCCCC(=O)NCC(=O)O)OC(=O)CCCCCCCC/C=C\C/C=C\C/C=C\CCCCCCC. The quantitative estimate of drug-likeness (QED) is 0.0413. The van der Waals surface area contributed by atoms with Gasteiger partial charge in [0.15, 0.2) is 0 Å². The van der Waals surface area contributed by atoms with Gasteiger partial charge in [-0.3, -0.25) is 14.4 Å². The van der Waals surface area contributed by atoms with Crippen LogP contribution in [-0.4, -0.2) is 35.6 Å². The molecule has 0 aliphatic rings. The summed E-state index contributed by atoms with van der Waals surface area (Å²) >= 11 is 0. The lowest BCUT2D eigenvalue weighted by Gasteiger charge is -2.11. The summed E-state index contributed by atoms with van der Waals surface area (Å²) < 4.78 is 5.75. The lowest BCUT2D eigenvalue weighted by atomic mass is 10.1. The van der Waals surface area contributed by atoms with Crippen LogP contribution in [0.5, 0.6) is 0 Å². The van der Waals surface area contributed by atoms with E-state index in [1.54, 1.807) is 0 Å². The molecule has 1 unspecified atom stereocenters. The second-order valence-corrected chi connectivity index (χ2v) is 12.4. The van der Waals surface area contributed by atoms with E-state index in [0.29, 0.717) is 19.3 Å². The van der Waals surface area contributed by atoms with E-state index in [2.05, 4.69) is 67.8 Å². The molecule has 0 rings (SSSR count). The molecule has 1 atom stereocenters. The fourth-order valence-electron chi connectivity index (χ4n) is 5.01. The second kappa shape index (κ2) is 36.7. The van der Waals surface area contributed by atoms with Gasteiger partial charge in [0.2, 0.25) is 5.91 Å². The molecule has 0 heterocycles. The number of hydrogen-bond donors (Lipinski definition) is 2. The van der Waals surface area contributed by atoms with E-state index in [4.69, 9.17) is 9.84 Å². The first kappa shape index (κ1) is 44.9. The third-order valence-corrected chi connectivity index (χ3v) is 7.83. The van der Waals surface area contributed by atoms with E-state index in [1.165, 1.54) is 57.8 Å². The Labute approximate surface area is 294 Å². The van der Waals surface area contributed by atoms with Gasteiger partial charge in [-0.25, -0.2) is 0 Å². The van der Waals surface area contributed by atoms with E-state index in [0.717, 1.165) is 70.6 Å². The molecule has 2 N–H and O–H groups in total. The van der Waals surface area contributed by atoms with E-state index in [9.17, 15) is 14.4 Å². The molecule has 0 aromatic rings. The molecule has 6 nitrogen and oxygen atoms in total. The summed E-state index contributed by atoms with van der Waals surface area (Å²) in [6.45, 7) is 4.03. The van der Waals surface area contributed by atoms with Gasteiger partial charge in [0.1, 0.15) is 12.6 Å². The predicted octanol–water partition coefficient (Wildman–Crippen LogP) is 11.4. The third kappa shape index (κ3) is 35.7. The molecule has 0 fully saturated rings. The highest BCUT2D eigenvalue weighted by Crippen LogP contribution is 2.12. The van der Waals surface area contributed by atoms with Crippen LogP contribution in [0.1, 0.15) is 162 Å². The Bertz CT molecular complexity index is 959. The Kier molecular flexibility index (Phi) is 34.3. The Morgan fingerprint density at radius 1 is 0.562 bits per heavy atom. The second-order valence-electron chi connectivity index (χ2n) is 12.4. The number of allylic oxidation sites excluding steroid dienone is 10. The first-order chi connectivity index (χ1) is 23.5. The van der Waals surface area contributed by atoms with Crippen molar-refractivity contribution in [3.63, 3.8) is 0 Å². The van der Waals surface area contributed by atoms with Crippen LogP contribution < -0.4 is 5.32 Å². The smallest absolute Gasteiger partial charge is 0.322 e. The number of amides is 1. The van der Waals surface area contributed by atoms with Gasteiger partial charge in [-0.2, -0.15) is 0 Å². The van der Waals surface area contributed by atoms with Crippen LogP contribution >= 0.6 is 0 Å². The van der Waals surface area contributed by atoms with Crippen molar-refractivity contribution in [2.24, 2.45) is 0 Å². The molecule has 0 aromatic heterocycles. The molecule has 0 saturated heterocycles. The average molecular weight is 668 g/mol. The van der Waals surface area contributed by atoms with E-state index < -0.39 is 5.97 Å². The Balaban J connectivity index is 4.03. The number of carbonyl (C=O) groups excluding carboxylic acids is 2. The molecule has 0 saturated carbocycles. The maximum Gasteiger partial charge on any atom is 0.322 e. The number of unbranched alkanes of at least 4 members (excludes halogenated alkanes) is 14.